The van der Waals surface area contributed by atoms with Gasteiger partial charge in [0.15, 0.2) is 0 Å². The number of alkyl halides is 1. The zero-order valence-corrected chi connectivity index (χ0v) is 9.15. The van der Waals surface area contributed by atoms with Crippen molar-refractivity contribution in [3.05, 3.63) is 33.8 Å². The molecule has 0 heterocycles. The zero-order valence-electron chi connectivity index (χ0n) is 5.98. The zero-order chi connectivity index (χ0) is 8.27. The van der Waals surface area contributed by atoms with Crippen molar-refractivity contribution in [2.24, 2.45) is 5.73 Å². The molecule has 0 atom stereocenters. The lowest BCUT2D eigenvalue weighted by molar-refractivity contribution is 1.04. The molecular weight excluding hydrogens is 270 g/mol. The van der Waals surface area contributed by atoms with Gasteiger partial charge in [-0.1, -0.05) is 37.9 Å². The Morgan fingerprint density at radius 1 is 1.27 bits per heavy atom. The van der Waals surface area contributed by atoms with Gasteiger partial charge in [0.05, 0.1) is 0 Å². The second-order valence-corrected chi connectivity index (χ2v) is 3.73. The first kappa shape index (κ1) is 9.23. The van der Waals surface area contributed by atoms with Gasteiger partial charge in [-0.15, -0.1) is 0 Å². The predicted molar refractivity (Wildman–Crippen MR) is 54.7 cm³/mol. The summed E-state index contributed by atoms with van der Waals surface area (Å²) in [5.41, 5.74) is 8.00. The number of nitrogens with two attached hydrogens (primary N) is 1. The normalized spacial score (nSPS) is 10.1. The lowest BCUT2D eigenvalue weighted by atomic mass is 10.1. The molecular formula is C8H9Br2N. The minimum atomic E-state index is 0.598. The maximum atomic E-state index is 5.55. The molecule has 3 heteroatoms. The van der Waals surface area contributed by atoms with E-state index in [0.717, 1.165) is 9.80 Å². The van der Waals surface area contributed by atoms with Crippen LogP contribution in [0, 0.1) is 0 Å². The van der Waals surface area contributed by atoms with Crippen LogP contribution < -0.4 is 5.73 Å². The van der Waals surface area contributed by atoms with Crippen molar-refractivity contribution >= 4 is 31.9 Å². The number of hydrogen-bond acceptors (Lipinski definition) is 1. The molecule has 0 bridgehead atoms. The Morgan fingerprint density at radius 3 is 2.55 bits per heavy atom. The third-order valence-electron chi connectivity index (χ3n) is 1.53. The van der Waals surface area contributed by atoms with E-state index in [1.807, 2.05) is 6.07 Å². The monoisotopic (exact) mass is 277 g/mol. The topological polar surface area (TPSA) is 26.0 Å². The van der Waals surface area contributed by atoms with E-state index in [1.165, 1.54) is 11.1 Å². The second kappa shape index (κ2) is 4.24. The molecule has 0 aliphatic rings. The van der Waals surface area contributed by atoms with Crippen LogP contribution in [-0.2, 0) is 11.9 Å². The Labute approximate surface area is 83.2 Å². The van der Waals surface area contributed by atoms with E-state index in [2.05, 4.69) is 44.0 Å². The van der Waals surface area contributed by atoms with Gasteiger partial charge in [-0.2, -0.15) is 0 Å². The molecule has 60 valence electrons. The minimum Gasteiger partial charge on any atom is -0.326 e. The van der Waals surface area contributed by atoms with Crippen molar-refractivity contribution in [1.29, 1.82) is 0 Å². The summed E-state index contributed by atoms with van der Waals surface area (Å²) in [6.45, 7) is 0.598. The van der Waals surface area contributed by atoms with Crippen molar-refractivity contribution in [3.8, 4) is 0 Å². The van der Waals surface area contributed by atoms with Crippen LogP contribution in [0.5, 0.6) is 0 Å². The van der Waals surface area contributed by atoms with Crippen molar-refractivity contribution in [1.82, 2.24) is 0 Å². The Kier molecular flexibility index (Phi) is 3.55. The SMILES string of the molecule is NCc1cc(Br)ccc1CBr. The van der Waals surface area contributed by atoms with Gasteiger partial charge in [-0.3, -0.25) is 0 Å². The molecule has 1 rings (SSSR count). The molecule has 0 saturated carbocycles. The van der Waals surface area contributed by atoms with Crippen LogP contribution in [0.25, 0.3) is 0 Å². The first-order valence-electron chi connectivity index (χ1n) is 3.31. The molecule has 1 aromatic carbocycles. The molecule has 11 heavy (non-hydrogen) atoms. The van der Waals surface area contributed by atoms with Crippen LogP contribution in [0.1, 0.15) is 11.1 Å². The van der Waals surface area contributed by atoms with Crippen LogP contribution in [0.2, 0.25) is 0 Å². The van der Waals surface area contributed by atoms with Gasteiger partial charge in [0.1, 0.15) is 0 Å². The Balaban J connectivity index is 3.06. The summed E-state index contributed by atoms with van der Waals surface area (Å²) < 4.78 is 1.09. The number of halogens is 2. The largest absolute Gasteiger partial charge is 0.326 e. The fourth-order valence-corrected chi connectivity index (χ4v) is 1.87. The molecule has 2 N–H and O–H groups in total. The van der Waals surface area contributed by atoms with Gasteiger partial charge in [0, 0.05) is 16.3 Å². The Morgan fingerprint density at radius 2 is 2.00 bits per heavy atom. The van der Waals surface area contributed by atoms with E-state index in [0.29, 0.717) is 6.54 Å². The summed E-state index contributed by atoms with van der Waals surface area (Å²) in [6, 6.07) is 6.15. The maximum Gasteiger partial charge on any atom is 0.0286 e. The molecule has 0 fully saturated rings. The average Bonchev–Trinajstić information content (AvgIpc) is 2.04. The summed E-state index contributed by atoms with van der Waals surface area (Å²) >= 11 is 6.80. The molecule has 0 aromatic heterocycles. The quantitative estimate of drug-likeness (QED) is 0.828. The molecule has 0 unspecified atom stereocenters. The standard InChI is InChI=1S/C8H9Br2N/c9-4-6-1-2-8(10)3-7(6)5-11/h1-3H,4-5,11H2. The van der Waals surface area contributed by atoms with Crippen LogP contribution in [0.15, 0.2) is 22.7 Å². The van der Waals surface area contributed by atoms with Crippen LogP contribution in [0.3, 0.4) is 0 Å². The van der Waals surface area contributed by atoms with Gasteiger partial charge >= 0.3 is 0 Å². The van der Waals surface area contributed by atoms with E-state index in [4.69, 9.17) is 5.73 Å². The summed E-state index contributed by atoms with van der Waals surface area (Å²) in [5.74, 6) is 0. The molecule has 0 spiro atoms. The molecule has 1 aromatic rings. The Hall–Kier alpha value is 0.140. The van der Waals surface area contributed by atoms with Crippen molar-refractivity contribution < 1.29 is 0 Å². The minimum absolute atomic E-state index is 0.598. The van der Waals surface area contributed by atoms with Crippen molar-refractivity contribution in [3.63, 3.8) is 0 Å². The summed E-state index contributed by atoms with van der Waals surface area (Å²) in [6.07, 6.45) is 0. The molecule has 0 saturated heterocycles. The van der Waals surface area contributed by atoms with Gasteiger partial charge in [0.2, 0.25) is 0 Å². The summed E-state index contributed by atoms with van der Waals surface area (Å²) in [5, 5.41) is 0.868. The predicted octanol–water partition coefficient (Wildman–Crippen LogP) is 2.80. The highest BCUT2D eigenvalue weighted by atomic mass is 79.9. The number of benzene rings is 1. The highest BCUT2D eigenvalue weighted by Gasteiger charge is 1.98. The molecule has 1 nitrogen and oxygen atoms in total. The summed E-state index contributed by atoms with van der Waals surface area (Å²) in [7, 11) is 0. The van der Waals surface area contributed by atoms with Gasteiger partial charge < -0.3 is 5.73 Å². The van der Waals surface area contributed by atoms with Crippen molar-refractivity contribution in [2.45, 2.75) is 11.9 Å². The molecule has 0 aliphatic carbocycles. The number of hydrogen-bond donors (Lipinski definition) is 1. The van der Waals surface area contributed by atoms with Gasteiger partial charge in [-0.05, 0) is 23.3 Å². The van der Waals surface area contributed by atoms with E-state index in [1.54, 1.807) is 0 Å². The van der Waals surface area contributed by atoms with Gasteiger partial charge in [0.25, 0.3) is 0 Å². The van der Waals surface area contributed by atoms with E-state index in [-0.39, 0.29) is 0 Å². The highest BCUT2D eigenvalue weighted by Crippen LogP contribution is 2.18. The van der Waals surface area contributed by atoms with Crippen LogP contribution in [-0.4, -0.2) is 0 Å². The van der Waals surface area contributed by atoms with E-state index >= 15 is 0 Å². The third-order valence-corrected chi connectivity index (χ3v) is 2.63. The lowest BCUT2D eigenvalue weighted by Crippen LogP contribution is -1.99. The lowest BCUT2D eigenvalue weighted by Gasteiger charge is -2.03. The second-order valence-electron chi connectivity index (χ2n) is 2.25. The smallest absolute Gasteiger partial charge is 0.0286 e. The van der Waals surface area contributed by atoms with E-state index < -0.39 is 0 Å². The number of rotatable bonds is 2. The molecule has 0 radical (unpaired) electrons. The first-order chi connectivity index (χ1) is 5.27. The van der Waals surface area contributed by atoms with Crippen LogP contribution >= 0.6 is 31.9 Å². The maximum absolute atomic E-state index is 5.55. The van der Waals surface area contributed by atoms with Crippen LogP contribution in [0.4, 0.5) is 0 Å². The molecule has 0 amide bonds. The fourth-order valence-electron chi connectivity index (χ4n) is 0.915. The van der Waals surface area contributed by atoms with E-state index in [9.17, 15) is 0 Å². The summed E-state index contributed by atoms with van der Waals surface area (Å²) in [4.78, 5) is 0. The Bertz CT molecular complexity index is 248. The fraction of sp³-hybridized carbons (Fsp3) is 0.250. The van der Waals surface area contributed by atoms with Crippen molar-refractivity contribution in [2.75, 3.05) is 0 Å². The first-order valence-corrected chi connectivity index (χ1v) is 5.22. The average molecular weight is 279 g/mol. The van der Waals surface area contributed by atoms with Gasteiger partial charge in [-0.25, -0.2) is 0 Å². The highest BCUT2D eigenvalue weighted by molar-refractivity contribution is 9.10. The third kappa shape index (κ3) is 2.29. The molecule has 0 aliphatic heterocycles.